The third-order valence-corrected chi connectivity index (χ3v) is 5.46. The van der Waals surface area contributed by atoms with E-state index < -0.39 is 0 Å². The fourth-order valence-corrected chi connectivity index (χ4v) is 4.16. The van der Waals surface area contributed by atoms with Crippen LogP contribution in [-0.2, 0) is 0 Å². The zero-order chi connectivity index (χ0) is 13.0. The number of nitrogens with one attached hydrogen (secondary N) is 1. The van der Waals surface area contributed by atoms with Crippen molar-refractivity contribution < 1.29 is 0 Å². The molecular formula is C16H32N2. The highest BCUT2D eigenvalue weighted by molar-refractivity contribution is 4.90. The van der Waals surface area contributed by atoms with Gasteiger partial charge in [-0.15, -0.1) is 0 Å². The van der Waals surface area contributed by atoms with Crippen molar-refractivity contribution in [3.8, 4) is 0 Å². The predicted molar refractivity (Wildman–Crippen MR) is 78.9 cm³/mol. The Morgan fingerprint density at radius 3 is 2.39 bits per heavy atom. The molecule has 2 saturated carbocycles. The summed E-state index contributed by atoms with van der Waals surface area (Å²) in [6.45, 7) is 3.69. The molecule has 2 rings (SSSR count). The van der Waals surface area contributed by atoms with Crippen LogP contribution in [0.4, 0.5) is 0 Å². The molecule has 2 aliphatic carbocycles. The Kier molecular flexibility index (Phi) is 5.50. The van der Waals surface area contributed by atoms with Gasteiger partial charge in [-0.25, -0.2) is 0 Å². The van der Waals surface area contributed by atoms with Gasteiger partial charge in [-0.3, -0.25) is 0 Å². The Labute approximate surface area is 114 Å². The van der Waals surface area contributed by atoms with E-state index in [9.17, 15) is 0 Å². The van der Waals surface area contributed by atoms with E-state index in [1.54, 1.807) is 0 Å². The van der Waals surface area contributed by atoms with Gasteiger partial charge in [0.1, 0.15) is 0 Å². The molecule has 0 amide bonds. The molecule has 18 heavy (non-hydrogen) atoms. The number of rotatable bonds is 5. The molecule has 0 saturated heterocycles. The Morgan fingerprint density at radius 2 is 1.78 bits per heavy atom. The van der Waals surface area contributed by atoms with Crippen molar-refractivity contribution in [2.24, 2.45) is 11.8 Å². The molecule has 0 aromatic heterocycles. The molecule has 0 bridgehead atoms. The first-order valence-electron chi connectivity index (χ1n) is 8.12. The molecule has 1 N–H and O–H groups in total. The maximum absolute atomic E-state index is 3.56. The van der Waals surface area contributed by atoms with Crippen molar-refractivity contribution in [3.63, 3.8) is 0 Å². The highest BCUT2D eigenvalue weighted by atomic mass is 15.2. The molecule has 0 aromatic carbocycles. The van der Waals surface area contributed by atoms with Crippen molar-refractivity contribution in [3.05, 3.63) is 0 Å². The van der Waals surface area contributed by atoms with Crippen LogP contribution in [0.3, 0.4) is 0 Å². The summed E-state index contributed by atoms with van der Waals surface area (Å²) in [5, 5.41) is 3.56. The average Bonchev–Trinajstić information content (AvgIpc) is 2.90. The highest BCUT2D eigenvalue weighted by Crippen LogP contribution is 2.32. The summed E-state index contributed by atoms with van der Waals surface area (Å²) >= 11 is 0. The lowest BCUT2D eigenvalue weighted by atomic mass is 9.80. The van der Waals surface area contributed by atoms with E-state index in [4.69, 9.17) is 0 Å². The Morgan fingerprint density at radius 1 is 1.06 bits per heavy atom. The lowest BCUT2D eigenvalue weighted by Crippen LogP contribution is -2.52. The minimum absolute atomic E-state index is 0.721. The van der Waals surface area contributed by atoms with Crippen LogP contribution in [0.1, 0.15) is 58.3 Å². The van der Waals surface area contributed by atoms with Crippen LogP contribution < -0.4 is 5.32 Å². The largest absolute Gasteiger partial charge is 0.315 e. The number of likely N-dealkylation sites (N-methyl/N-ethyl adjacent to an activating group) is 2. The van der Waals surface area contributed by atoms with Gasteiger partial charge in [-0.1, -0.05) is 26.2 Å². The van der Waals surface area contributed by atoms with E-state index in [0.29, 0.717) is 0 Å². The van der Waals surface area contributed by atoms with Gasteiger partial charge in [0.2, 0.25) is 0 Å². The molecule has 2 heteroatoms. The smallest absolute Gasteiger partial charge is 0.0248 e. The first kappa shape index (κ1) is 14.3. The predicted octanol–water partition coefficient (Wildman–Crippen LogP) is 3.28. The lowest BCUT2D eigenvalue weighted by Gasteiger charge is -2.42. The van der Waals surface area contributed by atoms with E-state index in [1.807, 2.05) is 0 Å². The summed E-state index contributed by atoms with van der Waals surface area (Å²) in [6.07, 6.45) is 11.4. The zero-order valence-electron chi connectivity index (χ0n) is 12.6. The van der Waals surface area contributed by atoms with Crippen LogP contribution in [0.2, 0.25) is 0 Å². The first-order valence-corrected chi connectivity index (χ1v) is 8.12. The maximum atomic E-state index is 3.56. The van der Waals surface area contributed by atoms with Crippen molar-refractivity contribution in [1.82, 2.24) is 10.2 Å². The molecule has 0 aromatic rings. The quantitative estimate of drug-likeness (QED) is 0.808. The molecule has 106 valence electrons. The summed E-state index contributed by atoms with van der Waals surface area (Å²) in [4.78, 5) is 2.68. The van der Waals surface area contributed by atoms with Gasteiger partial charge >= 0.3 is 0 Å². The number of nitrogens with zero attached hydrogens (tertiary/aromatic N) is 1. The maximum Gasteiger partial charge on any atom is 0.0248 e. The van der Waals surface area contributed by atoms with Gasteiger partial charge in [0, 0.05) is 18.6 Å². The van der Waals surface area contributed by atoms with Gasteiger partial charge < -0.3 is 10.2 Å². The Hall–Kier alpha value is -0.0800. The SMILES string of the molecule is CCC1CCC(NC)C(N(C)CC2CCCC2)C1. The van der Waals surface area contributed by atoms with Gasteiger partial charge in [-0.05, 0) is 58.0 Å². The second kappa shape index (κ2) is 6.91. The van der Waals surface area contributed by atoms with E-state index in [-0.39, 0.29) is 0 Å². The summed E-state index contributed by atoms with van der Waals surface area (Å²) in [7, 11) is 4.51. The monoisotopic (exact) mass is 252 g/mol. The van der Waals surface area contributed by atoms with E-state index in [2.05, 4.69) is 31.2 Å². The molecule has 3 atom stereocenters. The van der Waals surface area contributed by atoms with Crippen LogP contribution in [-0.4, -0.2) is 37.6 Å². The summed E-state index contributed by atoms with van der Waals surface area (Å²) in [5.41, 5.74) is 0. The van der Waals surface area contributed by atoms with Crippen molar-refractivity contribution >= 4 is 0 Å². The van der Waals surface area contributed by atoms with Crippen LogP contribution in [0.25, 0.3) is 0 Å². The van der Waals surface area contributed by atoms with Crippen molar-refractivity contribution in [2.75, 3.05) is 20.6 Å². The molecule has 2 fully saturated rings. The molecular weight excluding hydrogens is 220 g/mol. The number of hydrogen-bond donors (Lipinski definition) is 1. The minimum Gasteiger partial charge on any atom is -0.315 e. The molecule has 3 unspecified atom stereocenters. The molecule has 0 aliphatic heterocycles. The molecule has 0 radical (unpaired) electrons. The second-order valence-electron chi connectivity index (χ2n) is 6.64. The third kappa shape index (κ3) is 3.48. The molecule has 2 nitrogen and oxygen atoms in total. The summed E-state index contributed by atoms with van der Waals surface area (Å²) < 4.78 is 0. The molecule has 0 spiro atoms. The van der Waals surface area contributed by atoms with Crippen molar-refractivity contribution in [2.45, 2.75) is 70.4 Å². The Bertz CT molecular complexity index is 235. The fraction of sp³-hybridized carbons (Fsp3) is 1.00. The lowest BCUT2D eigenvalue weighted by molar-refractivity contribution is 0.107. The Balaban J connectivity index is 1.89. The summed E-state index contributed by atoms with van der Waals surface area (Å²) in [5.74, 6) is 1.94. The standard InChI is InChI=1S/C16H32N2/c1-4-13-9-10-15(17-2)16(11-13)18(3)12-14-7-5-6-8-14/h13-17H,4-12H2,1-3H3. The third-order valence-electron chi connectivity index (χ3n) is 5.46. The van der Waals surface area contributed by atoms with Gasteiger partial charge in [0.25, 0.3) is 0 Å². The van der Waals surface area contributed by atoms with Gasteiger partial charge in [0.05, 0.1) is 0 Å². The van der Waals surface area contributed by atoms with Crippen molar-refractivity contribution in [1.29, 1.82) is 0 Å². The summed E-state index contributed by atoms with van der Waals surface area (Å²) in [6, 6.07) is 1.49. The fourth-order valence-electron chi connectivity index (χ4n) is 4.16. The van der Waals surface area contributed by atoms with Gasteiger partial charge in [-0.2, -0.15) is 0 Å². The van der Waals surface area contributed by atoms with Crippen LogP contribution in [0, 0.1) is 11.8 Å². The second-order valence-corrected chi connectivity index (χ2v) is 6.64. The van der Waals surface area contributed by atoms with E-state index >= 15 is 0 Å². The van der Waals surface area contributed by atoms with Gasteiger partial charge in [0.15, 0.2) is 0 Å². The topological polar surface area (TPSA) is 15.3 Å². The minimum atomic E-state index is 0.721. The van der Waals surface area contributed by atoms with Crippen LogP contribution in [0.15, 0.2) is 0 Å². The molecule has 2 aliphatic rings. The molecule has 0 heterocycles. The average molecular weight is 252 g/mol. The highest BCUT2D eigenvalue weighted by Gasteiger charge is 2.32. The van der Waals surface area contributed by atoms with Crippen LogP contribution >= 0.6 is 0 Å². The van der Waals surface area contributed by atoms with E-state index in [1.165, 1.54) is 57.9 Å². The van der Waals surface area contributed by atoms with E-state index in [0.717, 1.165) is 23.9 Å². The normalized spacial score (nSPS) is 34.3. The zero-order valence-corrected chi connectivity index (χ0v) is 12.6. The van der Waals surface area contributed by atoms with Crippen LogP contribution in [0.5, 0.6) is 0 Å². The first-order chi connectivity index (χ1) is 8.74. The number of hydrogen-bond acceptors (Lipinski definition) is 2.